The lowest BCUT2D eigenvalue weighted by Gasteiger charge is -1.99. The number of carbonyl (C=O) groups is 2. The average molecular weight is 163 g/mol. The van der Waals surface area contributed by atoms with Gasteiger partial charge < -0.3 is 10.1 Å². The lowest BCUT2D eigenvalue weighted by molar-refractivity contribution is -0.107. The van der Waals surface area contributed by atoms with Crippen LogP contribution in [0.4, 0.5) is 5.69 Å². The number of hydrogen-bond acceptors (Lipinski definition) is 2. The predicted molar refractivity (Wildman–Crippen MR) is 45.9 cm³/mol. The summed E-state index contributed by atoms with van der Waals surface area (Å²) < 4.78 is 0. The van der Waals surface area contributed by atoms with Crippen LogP contribution in [0.2, 0.25) is 0 Å². The van der Waals surface area contributed by atoms with Crippen molar-refractivity contribution in [2.24, 2.45) is 0 Å². The summed E-state index contributed by atoms with van der Waals surface area (Å²) in [4.78, 5) is 20.2. The molecule has 12 heavy (non-hydrogen) atoms. The summed E-state index contributed by atoms with van der Waals surface area (Å²) in [5.41, 5.74) is 1.61. The van der Waals surface area contributed by atoms with Gasteiger partial charge in [0.2, 0.25) is 6.41 Å². The van der Waals surface area contributed by atoms with Crippen LogP contribution in [0.15, 0.2) is 24.3 Å². The van der Waals surface area contributed by atoms with Crippen LogP contribution < -0.4 is 5.32 Å². The van der Waals surface area contributed by atoms with E-state index in [1.54, 1.807) is 18.2 Å². The molecule has 1 aromatic carbocycles. The second-order valence-corrected chi connectivity index (χ2v) is 2.33. The van der Waals surface area contributed by atoms with Crippen molar-refractivity contribution < 1.29 is 9.59 Å². The first-order chi connectivity index (χ1) is 5.86. The summed E-state index contributed by atoms with van der Waals surface area (Å²) in [6, 6.07) is 7.17. The number of aldehydes is 1. The molecule has 0 fully saturated rings. The highest BCUT2D eigenvalue weighted by atomic mass is 16.1. The third-order valence-corrected chi connectivity index (χ3v) is 1.47. The minimum Gasteiger partial charge on any atom is -0.329 e. The molecule has 0 heterocycles. The number of amides is 1. The van der Waals surface area contributed by atoms with Crippen LogP contribution in [-0.2, 0) is 16.0 Å². The van der Waals surface area contributed by atoms with Crippen molar-refractivity contribution in [3.05, 3.63) is 29.8 Å². The topological polar surface area (TPSA) is 46.2 Å². The van der Waals surface area contributed by atoms with E-state index < -0.39 is 0 Å². The predicted octanol–water partition coefficient (Wildman–Crippen LogP) is 0.996. The van der Waals surface area contributed by atoms with E-state index in [4.69, 9.17) is 0 Å². The van der Waals surface area contributed by atoms with E-state index in [1.807, 2.05) is 6.07 Å². The third kappa shape index (κ3) is 2.20. The van der Waals surface area contributed by atoms with Crippen molar-refractivity contribution in [3.63, 3.8) is 0 Å². The number of nitrogens with one attached hydrogen (secondary N) is 1. The molecule has 0 aromatic heterocycles. The highest BCUT2D eigenvalue weighted by Crippen LogP contribution is 2.09. The fraction of sp³-hybridized carbons (Fsp3) is 0.111. The number of hydrogen-bond donors (Lipinski definition) is 1. The van der Waals surface area contributed by atoms with Gasteiger partial charge in [-0.3, -0.25) is 4.79 Å². The fourth-order valence-electron chi connectivity index (χ4n) is 0.952. The second kappa shape index (κ2) is 4.28. The molecule has 3 nitrogen and oxygen atoms in total. The smallest absolute Gasteiger partial charge is 0.211 e. The normalized spacial score (nSPS) is 9.00. The molecule has 0 unspecified atom stereocenters. The van der Waals surface area contributed by atoms with Crippen LogP contribution in [0.1, 0.15) is 5.56 Å². The molecule has 1 rings (SSSR count). The molecule has 0 radical (unpaired) electrons. The van der Waals surface area contributed by atoms with Gasteiger partial charge in [0.15, 0.2) is 0 Å². The number of rotatable bonds is 4. The molecular formula is C9H9NO2. The molecule has 0 spiro atoms. The molecule has 0 aliphatic carbocycles. The van der Waals surface area contributed by atoms with Crippen LogP contribution in [0, 0.1) is 0 Å². The van der Waals surface area contributed by atoms with E-state index in [9.17, 15) is 9.59 Å². The molecule has 0 bridgehead atoms. The monoisotopic (exact) mass is 163 g/mol. The Hall–Kier alpha value is -1.64. The van der Waals surface area contributed by atoms with Gasteiger partial charge in [0.25, 0.3) is 0 Å². The minimum atomic E-state index is 0.383. The Bertz CT molecular complexity index is 258. The van der Waals surface area contributed by atoms with Gasteiger partial charge in [-0.05, 0) is 17.7 Å². The van der Waals surface area contributed by atoms with E-state index in [0.717, 1.165) is 11.8 Å². The van der Waals surface area contributed by atoms with Gasteiger partial charge in [0.1, 0.15) is 6.29 Å². The Morgan fingerprint density at radius 1 is 1.33 bits per heavy atom. The van der Waals surface area contributed by atoms with Crippen molar-refractivity contribution in [3.8, 4) is 0 Å². The molecule has 0 aliphatic rings. The Balaban J connectivity index is 2.79. The zero-order valence-electron chi connectivity index (χ0n) is 6.49. The van der Waals surface area contributed by atoms with Crippen molar-refractivity contribution in [1.29, 1.82) is 0 Å². The Labute approximate surface area is 70.4 Å². The summed E-state index contributed by atoms with van der Waals surface area (Å²) in [5.74, 6) is 0. The zero-order chi connectivity index (χ0) is 8.81. The first-order valence-electron chi connectivity index (χ1n) is 3.59. The molecule has 0 atom stereocenters. The summed E-state index contributed by atoms with van der Waals surface area (Å²) in [7, 11) is 0. The Morgan fingerprint density at radius 3 is 2.83 bits per heavy atom. The first kappa shape index (κ1) is 8.46. The molecule has 62 valence electrons. The van der Waals surface area contributed by atoms with Gasteiger partial charge in [0, 0.05) is 12.1 Å². The van der Waals surface area contributed by atoms with E-state index in [0.29, 0.717) is 18.5 Å². The fourth-order valence-corrected chi connectivity index (χ4v) is 0.952. The molecule has 1 amide bonds. The van der Waals surface area contributed by atoms with Crippen molar-refractivity contribution in [1.82, 2.24) is 0 Å². The Kier molecular flexibility index (Phi) is 3.02. The molecular weight excluding hydrogens is 154 g/mol. The molecule has 0 aliphatic heterocycles. The van der Waals surface area contributed by atoms with Crippen molar-refractivity contribution >= 4 is 18.4 Å². The van der Waals surface area contributed by atoms with Gasteiger partial charge in [-0.25, -0.2) is 0 Å². The quantitative estimate of drug-likeness (QED) is 0.673. The summed E-state index contributed by atoms with van der Waals surface area (Å²) >= 11 is 0. The van der Waals surface area contributed by atoms with Gasteiger partial charge >= 0.3 is 0 Å². The zero-order valence-corrected chi connectivity index (χ0v) is 6.49. The highest BCUT2D eigenvalue weighted by molar-refractivity contribution is 5.71. The van der Waals surface area contributed by atoms with E-state index >= 15 is 0 Å². The summed E-state index contributed by atoms with van der Waals surface area (Å²) in [6.07, 6.45) is 1.83. The van der Waals surface area contributed by atoms with Crippen molar-refractivity contribution in [2.75, 3.05) is 5.32 Å². The summed E-state index contributed by atoms with van der Waals surface area (Å²) in [5, 5.41) is 2.51. The standard InChI is InChI=1S/C9H9NO2/c11-5-4-8-2-1-3-9(6-8)10-7-12/h1-3,5-7H,4H2,(H,10,12). The number of anilines is 1. The van der Waals surface area contributed by atoms with Gasteiger partial charge in [0.05, 0.1) is 0 Å². The maximum Gasteiger partial charge on any atom is 0.211 e. The number of benzene rings is 1. The molecule has 3 heteroatoms. The van der Waals surface area contributed by atoms with Crippen LogP contribution in [-0.4, -0.2) is 12.7 Å². The van der Waals surface area contributed by atoms with Crippen LogP contribution in [0.5, 0.6) is 0 Å². The lowest BCUT2D eigenvalue weighted by atomic mass is 10.1. The molecule has 0 saturated carbocycles. The van der Waals surface area contributed by atoms with Crippen LogP contribution in [0.25, 0.3) is 0 Å². The largest absolute Gasteiger partial charge is 0.329 e. The van der Waals surface area contributed by atoms with E-state index in [1.165, 1.54) is 0 Å². The maximum absolute atomic E-state index is 10.2. The van der Waals surface area contributed by atoms with Crippen LogP contribution in [0.3, 0.4) is 0 Å². The van der Waals surface area contributed by atoms with Crippen molar-refractivity contribution in [2.45, 2.75) is 6.42 Å². The van der Waals surface area contributed by atoms with E-state index in [2.05, 4.69) is 5.32 Å². The van der Waals surface area contributed by atoms with Gasteiger partial charge in [-0.2, -0.15) is 0 Å². The van der Waals surface area contributed by atoms with Gasteiger partial charge in [-0.1, -0.05) is 12.1 Å². The second-order valence-electron chi connectivity index (χ2n) is 2.33. The third-order valence-electron chi connectivity index (χ3n) is 1.47. The van der Waals surface area contributed by atoms with Gasteiger partial charge in [-0.15, -0.1) is 0 Å². The minimum absolute atomic E-state index is 0.383. The number of carbonyl (C=O) groups excluding carboxylic acids is 2. The Morgan fingerprint density at radius 2 is 2.17 bits per heavy atom. The van der Waals surface area contributed by atoms with E-state index in [-0.39, 0.29) is 0 Å². The molecule has 1 aromatic rings. The summed E-state index contributed by atoms with van der Waals surface area (Å²) in [6.45, 7) is 0. The first-order valence-corrected chi connectivity index (χ1v) is 3.59. The van der Waals surface area contributed by atoms with Crippen LogP contribution >= 0.6 is 0 Å². The SMILES string of the molecule is O=CCc1cccc(NC=O)c1. The highest BCUT2D eigenvalue weighted by Gasteiger charge is 1.93. The molecule has 1 N–H and O–H groups in total. The molecule has 0 saturated heterocycles. The maximum atomic E-state index is 10.2. The average Bonchev–Trinajstić information content (AvgIpc) is 2.06. The lowest BCUT2D eigenvalue weighted by Crippen LogP contribution is -1.94.